The van der Waals surface area contributed by atoms with Gasteiger partial charge in [-0.05, 0) is 17.8 Å². The van der Waals surface area contributed by atoms with E-state index in [0.29, 0.717) is 17.8 Å². The predicted octanol–water partition coefficient (Wildman–Crippen LogP) is 2.97. The van der Waals surface area contributed by atoms with Crippen LogP contribution in [0.15, 0.2) is 11.0 Å². The second-order valence-corrected chi connectivity index (χ2v) is 4.34. The van der Waals surface area contributed by atoms with Gasteiger partial charge in [-0.25, -0.2) is 0 Å². The fourth-order valence-corrected chi connectivity index (χ4v) is 1.60. The van der Waals surface area contributed by atoms with Crippen molar-refractivity contribution < 1.29 is 18.0 Å². The summed E-state index contributed by atoms with van der Waals surface area (Å²) in [7, 11) is 0. The summed E-state index contributed by atoms with van der Waals surface area (Å²) in [4.78, 5) is 9.32. The molecule has 0 aliphatic carbocycles. The van der Waals surface area contributed by atoms with E-state index in [1.165, 1.54) is 6.92 Å². The molecule has 0 fully saturated rings. The molecule has 0 saturated carbocycles. The quantitative estimate of drug-likeness (QED) is 0.435. The number of alkyl halides is 3. The Hall–Kier alpha value is -0.0100. The number of thiol groups is 1. The molecule has 1 nitrogen and oxygen atoms in total. The van der Waals surface area contributed by atoms with E-state index < -0.39 is 11.1 Å². The molecule has 0 spiro atoms. The van der Waals surface area contributed by atoms with E-state index >= 15 is 0 Å². The number of thioether (sulfide) groups is 1. The summed E-state index contributed by atoms with van der Waals surface area (Å²) in [5.41, 5.74) is 0. The molecular formula is C6H5F3OS3. The summed E-state index contributed by atoms with van der Waals surface area (Å²) in [6.07, 6.45) is -3.87. The predicted molar refractivity (Wildman–Crippen MR) is 54.0 cm³/mol. The van der Waals surface area contributed by atoms with E-state index in [1.54, 1.807) is 0 Å². The zero-order valence-corrected chi connectivity index (χ0v) is 8.91. The molecule has 0 aliphatic heterocycles. The lowest BCUT2D eigenvalue weighted by Gasteiger charge is -2.04. The van der Waals surface area contributed by atoms with Crippen LogP contribution in [0.4, 0.5) is 13.2 Å². The van der Waals surface area contributed by atoms with Crippen LogP contribution in [0.1, 0.15) is 6.92 Å². The Morgan fingerprint density at radius 2 is 2.00 bits per heavy atom. The first-order chi connectivity index (χ1) is 5.73. The Morgan fingerprint density at radius 3 is 2.31 bits per heavy atom. The van der Waals surface area contributed by atoms with Crippen molar-refractivity contribution in [1.29, 1.82) is 0 Å². The highest BCUT2D eigenvalue weighted by Crippen LogP contribution is 2.29. The molecule has 0 saturated heterocycles. The van der Waals surface area contributed by atoms with Crippen LogP contribution in [0.2, 0.25) is 0 Å². The summed E-state index contributed by atoms with van der Waals surface area (Å²) in [5.74, 6) is 0. The highest BCUT2D eigenvalue weighted by Gasteiger charge is 2.31. The fourth-order valence-electron chi connectivity index (χ4n) is 0.365. The summed E-state index contributed by atoms with van der Waals surface area (Å²) in [6.45, 7) is 1.22. The highest BCUT2D eigenvalue weighted by molar-refractivity contribution is 8.33. The number of carbonyl (C=O) groups excluding carboxylic acids is 1. The summed E-state index contributed by atoms with van der Waals surface area (Å²) in [6, 6.07) is 0. The van der Waals surface area contributed by atoms with E-state index in [9.17, 15) is 18.0 Å². The van der Waals surface area contributed by atoms with Gasteiger partial charge in [-0.15, -0.1) is 12.6 Å². The average Bonchev–Trinajstić information content (AvgIpc) is 1.82. The van der Waals surface area contributed by atoms with Gasteiger partial charge in [0.05, 0.1) is 9.10 Å². The molecule has 0 aliphatic rings. The molecule has 0 rings (SSSR count). The largest absolute Gasteiger partial charge is 0.422 e. The summed E-state index contributed by atoms with van der Waals surface area (Å²) in [5, 5.41) is -0.357. The van der Waals surface area contributed by atoms with Crippen LogP contribution >= 0.6 is 36.6 Å². The van der Waals surface area contributed by atoms with Crippen LogP contribution in [0.25, 0.3) is 0 Å². The van der Waals surface area contributed by atoms with Crippen molar-refractivity contribution in [3.8, 4) is 0 Å². The van der Waals surface area contributed by atoms with Gasteiger partial charge >= 0.3 is 6.18 Å². The molecule has 0 unspecified atom stereocenters. The minimum absolute atomic E-state index is 0.144. The van der Waals surface area contributed by atoms with Crippen LogP contribution < -0.4 is 0 Å². The van der Waals surface area contributed by atoms with Crippen molar-refractivity contribution in [3.63, 3.8) is 0 Å². The van der Waals surface area contributed by atoms with Gasteiger partial charge in [-0.3, -0.25) is 4.79 Å². The second-order valence-electron chi connectivity index (χ2n) is 1.94. The molecule has 0 aromatic rings. The van der Waals surface area contributed by atoms with Crippen LogP contribution in [0, 0.1) is 0 Å². The van der Waals surface area contributed by atoms with Crippen LogP contribution in [0.3, 0.4) is 0 Å². The highest BCUT2D eigenvalue weighted by atomic mass is 32.2. The second kappa shape index (κ2) is 5.02. The molecule has 0 N–H and O–H groups in total. The normalized spacial score (nSPS) is 12.8. The monoisotopic (exact) mass is 246 g/mol. The molecule has 74 valence electrons. The SMILES string of the molecule is CC(=O)SC(=S)/C=C(/S)C(F)(F)F. The van der Waals surface area contributed by atoms with Crippen molar-refractivity contribution >= 4 is 45.9 Å². The third-order valence-electron chi connectivity index (χ3n) is 0.789. The minimum Gasteiger partial charge on any atom is -0.287 e. The lowest BCUT2D eigenvalue weighted by Crippen LogP contribution is -2.08. The zero-order chi connectivity index (χ0) is 10.6. The fraction of sp³-hybridized carbons (Fsp3) is 0.333. The van der Waals surface area contributed by atoms with Crippen molar-refractivity contribution in [2.75, 3.05) is 0 Å². The van der Waals surface area contributed by atoms with E-state index in [1.807, 2.05) is 0 Å². The standard InChI is InChI=1S/C6H5F3OS3/c1-3(10)13-5(12)2-4(11)6(7,8)9/h2,11H,1H3/b4-2+. The van der Waals surface area contributed by atoms with Gasteiger partial charge in [0.15, 0.2) is 5.12 Å². The van der Waals surface area contributed by atoms with Crippen LogP contribution in [-0.4, -0.2) is 15.5 Å². The van der Waals surface area contributed by atoms with Gasteiger partial charge in [-0.1, -0.05) is 12.2 Å². The number of thiocarbonyl (C=S) groups is 1. The molecule has 13 heavy (non-hydrogen) atoms. The molecule has 0 aromatic carbocycles. The molecule has 7 heteroatoms. The van der Waals surface area contributed by atoms with Gasteiger partial charge in [-0.2, -0.15) is 13.2 Å². The van der Waals surface area contributed by atoms with Crippen molar-refractivity contribution in [2.45, 2.75) is 13.1 Å². The maximum atomic E-state index is 11.8. The molecule has 0 bridgehead atoms. The van der Waals surface area contributed by atoms with Gasteiger partial charge < -0.3 is 0 Å². The molecule has 0 atom stereocenters. The third kappa shape index (κ3) is 6.11. The number of allylic oxidation sites excluding steroid dienone is 1. The molecule has 0 radical (unpaired) electrons. The average molecular weight is 246 g/mol. The third-order valence-corrected chi connectivity index (χ3v) is 2.15. The van der Waals surface area contributed by atoms with Crippen molar-refractivity contribution in [3.05, 3.63) is 11.0 Å². The molecule has 0 amide bonds. The first-order valence-corrected chi connectivity index (χ1v) is 4.61. The number of hydrogen-bond acceptors (Lipinski definition) is 4. The first-order valence-electron chi connectivity index (χ1n) is 2.93. The van der Waals surface area contributed by atoms with E-state index in [-0.39, 0.29) is 9.31 Å². The number of carbonyl (C=O) groups is 1. The first kappa shape index (κ1) is 13.0. The van der Waals surface area contributed by atoms with Crippen LogP contribution in [-0.2, 0) is 4.79 Å². The van der Waals surface area contributed by atoms with Gasteiger partial charge in [0.25, 0.3) is 0 Å². The number of halogens is 3. The summed E-state index contributed by atoms with van der Waals surface area (Å²) < 4.78 is 35.4. The smallest absolute Gasteiger partial charge is 0.287 e. The number of rotatable bonds is 1. The van der Waals surface area contributed by atoms with Gasteiger partial charge in [0.2, 0.25) is 0 Å². The topological polar surface area (TPSA) is 17.1 Å². The summed E-state index contributed by atoms with van der Waals surface area (Å²) >= 11 is 8.25. The minimum atomic E-state index is -4.51. The van der Waals surface area contributed by atoms with Gasteiger partial charge in [0, 0.05) is 6.92 Å². The molecular weight excluding hydrogens is 241 g/mol. The Bertz CT molecular complexity index is 256. The zero-order valence-electron chi connectivity index (χ0n) is 6.38. The molecule has 0 aromatic heterocycles. The Balaban J connectivity index is 4.40. The van der Waals surface area contributed by atoms with E-state index in [4.69, 9.17) is 0 Å². The molecule has 0 heterocycles. The van der Waals surface area contributed by atoms with Gasteiger partial charge in [0.1, 0.15) is 0 Å². The van der Waals surface area contributed by atoms with Crippen molar-refractivity contribution in [1.82, 2.24) is 0 Å². The van der Waals surface area contributed by atoms with Crippen LogP contribution in [0.5, 0.6) is 0 Å². The van der Waals surface area contributed by atoms with E-state index in [2.05, 4.69) is 24.8 Å². The lowest BCUT2D eigenvalue weighted by molar-refractivity contribution is -0.109. The Labute approximate surface area is 88.2 Å². The maximum absolute atomic E-state index is 11.8. The number of hydrogen-bond donors (Lipinski definition) is 1. The Morgan fingerprint density at radius 1 is 1.54 bits per heavy atom. The maximum Gasteiger partial charge on any atom is 0.422 e. The van der Waals surface area contributed by atoms with Crippen molar-refractivity contribution in [2.24, 2.45) is 0 Å². The lowest BCUT2D eigenvalue weighted by atomic mass is 10.5. The van der Waals surface area contributed by atoms with E-state index in [0.717, 1.165) is 0 Å². The Kier molecular flexibility index (Phi) is 5.01.